The van der Waals surface area contributed by atoms with E-state index in [1.165, 1.54) is 11.3 Å². The second-order valence-corrected chi connectivity index (χ2v) is 6.18. The summed E-state index contributed by atoms with van der Waals surface area (Å²) in [5.74, 6) is 0. The Morgan fingerprint density at radius 2 is 2.00 bits per heavy atom. The highest BCUT2D eigenvalue weighted by Gasteiger charge is 2.04. The van der Waals surface area contributed by atoms with Crippen molar-refractivity contribution in [2.75, 3.05) is 5.43 Å². The molecule has 6 heteroatoms. The lowest BCUT2D eigenvalue weighted by Crippen LogP contribution is -1.89. The number of aromatic nitrogens is 1. The zero-order valence-corrected chi connectivity index (χ0v) is 12.7. The van der Waals surface area contributed by atoms with Crippen molar-refractivity contribution in [3.05, 3.63) is 57.7 Å². The van der Waals surface area contributed by atoms with Crippen LogP contribution in [0.2, 0.25) is 5.02 Å². The van der Waals surface area contributed by atoms with E-state index in [1.807, 2.05) is 41.1 Å². The zero-order valence-electron chi connectivity index (χ0n) is 10.3. The summed E-state index contributed by atoms with van der Waals surface area (Å²) < 4.78 is 0. The van der Waals surface area contributed by atoms with Crippen molar-refractivity contribution in [1.82, 2.24) is 4.98 Å². The molecule has 20 heavy (non-hydrogen) atoms. The second-order valence-electron chi connectivity index (χ2n) is 3.94. The molecule has 0 saturated heterocycles. The summed E-state index contributed by atoms with van der Waals surface area (Å²) in [6.07, 6.45) is 1.74. The molecular weight excluding hydrogens is 310 g/mol. The summed E-state index contributed by atoms with van der Waals surface area (Å²) >= 11 is 9.04. The molecule has 1 N–H and O–H groups in total. The molecule has 2 aromatic heterocycles. The van der Waals surface area contributed by atoms with Crippen LogP contribution in [-0.2, 0) is 0 Å². The molecule has 0 radical (unpaired) electrons. The van der Waals surface area contributed by atoms with Crippen LogP contribution >= 0.6 is 34.3 Å². The van der Waals surface area contributed by atoms with E-state index >= 15 is 0 Å². The average Bonchev–Trinajstić information content (AvgIpc) is 3.11. The Morgan fingerprint density at radius 1 is 1.15 bits per heavy atom. The highest BCUT2D eigenvalue weighted by atomic mass is 35.5. The number of halogens is 1. The maximum Gasteiger partial charge on any atom is 0.203 e. The Bertz CT molecular complexity index is 702. The summed E-state index contributed by atoms with van der Waals surface area (Å²) in [6, 6.07) is 11.6. The van der Waals surface area contributed by atoms with Crippen molar-refractivity contribution in [2.45, 2.75) is 0 Å². The van der Waals surface area contributed by atoms with Gasteiger partial charge in [0.1, 0.15) is 0 Å². The van der Waals surface area contributed by atoms with Gasteiger partial charge in [0.05, 0.1) is 16.8 Å². The monoisotopic (exact) mass is 319 g/mol. The predicted octanol–water partition coefficient (Wildman–Crippen LogP) is 4.97. The molecule has 0 bridgehead atoms. The van der Waals surface area contributed by atoms with E-state index in [0.29, 0.717) is 0 Å². The number of thiazole rings is 1. The maximum absolute atomic E-state index is 5.83. The number of hydrogen-bond donors (Lipinski definition) is 1. The van der Waals surface area contributed by atoms with Gasteiger partial charge in [-0.1, -0.05) is 29.8 Å². The molecule has 0 spiro atoms. The molecule has 0 fully saturated rings. The van der Waals surface area contributed by atoms with Gasteiger partial charge in [0.25, 0.3) is 0 Å². The second kappa shape index (κ2) is 6.17. The smallest absolute Gasteiger partial charge is 0.203 e. The Balaban J connectivity index is 1.65. The molecule has 0 unspecified atom stereocenters. The Hall–Kier alpha value is -1.69. The first-order valence-electron chi connectivity index (χ1n) is 5.85. The fourth-order valence-corrected chi connectivity index (χ4v) is 3.12. The minimum absolute atomic E-state index is 0.718. The molecule has 0 aliphatic carbocycles. The SMILES string of the molecule is Clc1ccc(/C=N\Nc2nc(-c3cccs3)cs2)cc1. The van der Waals surface area contributed by atoms with E-state index in [0.717, 1.165) is 26.3 Å². The van der Waals surface area contributed by atoms with Crippen LogP contribution in [-0.4, -0.2) is 11.2 Å². The van der Waals surface area contributed by atoms with Gasteiger partial charge in [0.2, 0.25) is 5.13 Å². The van der Waals surface area contributed by atoms with Crippen LogP contribution in [0.1, 0.15) is 5.56 Å². The first-order valence-corrected chi connectivity index (χ1v) is 7.99. The van der Waals surface area contributed by atoms with Gasteiger partial charge in [-0.15, -0.1) is 22.7 Å². The predicted molar refractivity (Wildman–Crippen MR) is 88.1 cm³/mol. The van der Waals surface area contributed by atoms with E-state index in [2.05, 4.69) is 21.6 Å². The summed E-state index contributed by atoms with van der Waals surface area (Å²) in [7, 11) is 0. The molecule has 0 aliphatic rings. The van der Waals surface area contributed by atoms with Crippen LogP contribution in [0.4, 0.5) is 5.13 Å². The molecule has 0 amide bonds. The zero-order chi connectivity index (χ0) is 13.8. The summed E-state index contributed by atoms with van der Waals surface area (Å²) in [4.78, 5) is 5.64. The highest BCUT2D eigenvalue weighted by Crippen LogP contribution is 2.28. The minimum atomic E-state index is 0.718. The number of nitrogens with zero attached hydrogens (tertiary/aromatic N) is 2. The number of benzene rings is 1. The molecule has 0 saturated carbocycles. The molecule has 0 aliphatic heterocycles. The molecule has 100 valence electrons. The van der Waals surface area contributed by atoms with Gasteiger partial charge in [-0.2, -0.15) is 5.10 Å². The van der Waals surface area contributed by atoms with Crippen molar-refractivity contribution in [1.29, 1.82) is 0 Å². The number of rotatable bonds is 4. The van der Waals surface area contributed by atoms with Crippen molar-refractivity contribution < 1.29 is 0 Å². The van der Waals surface area contributed by atoms with Crippen molar-refractivity contribution in [3.8, 4) is 10.6 Å². The minimum Gasteiger partial charge on any atom is -0.253 e. The fourth-order valence-electron chi connectivity index (χ4n) is 1.57. The first kappa shape index (κ1) is 13.3. The van der Waals surface area contributed by atoms with Crippen molar-refractivity contribution in [2.24, 2.45) is 5.10 Å². The van der Waals surface area contributed by atoms with Gasteiger partial charge >= 0.3 is 0 Å². The summed E-state index contributed by atoms with van der Waals surface area (Å²) in [6.45, 7) is 0. The van der Waals surface area contributed by atoms with E-state index in [-0.39, 0.29) is 0 Å². The van der Waals surface area contributed by atoms with Crippen LogP contribution < -0.4 is 5.43 Å². The number of anilines is 1. The molecule has 3 aromatic rings. The van der Waals surface area contributed by atoms with Crippen molar-refractivity contribution >= 4 is 45.6 Å². The highest BCUT2D eigenvalue weighted by molar-refractivity contribution is 7.15. The van der Waals surface area contributed by atoms with Gasteiger partial charge < -0.3 is 0 Å². The van der Waals surface area contributed by atoms with E-state index in [9.17, 15) is 0 Å². The van der Waals surface area contributed by atoms with Crippen LogP contribution in [0.3, 0.4) is 0 Å². The van der Waals surface area contributed by atoms with E-state index in [4.69, 9.17) is 11.6 Å². The van der Waals surface area contributed by atoms with Gasteiger partial charge in [-0.25, -0.2) is 4.98 Å². The normalized spacial score (nSPS) is 11.1. The van der Waals surface area contributed by atoms with Crippen molar-refractivity contribution in [3.63, 3.8) is 0 Å². The third kappa shape index (κ3) is 3.25. The lowest BCUT2D eigenvalue weighted by Gasteiger charge is -1.94. The fraction of sp³-hybridized carbons (Fsp3) is 0. The third-order valence-corrected chi connectivity index (χ3v) is 4.41. The maximum atomic E-state index is 5.83. The quantitative estimate of drug-likeness (QED) is 0.544. The molecule has 3 rings (SSSR count). The van der Waals surface area contributed by atoms with Gasteiger partial charge in [0, 0.05) is 10.4 Å². The van der Waals surface area contributed by atoms with Gasteiger partial charge in [-0.3, -0.25) is 5.43 Å². The van der Waals surface area contributed by atoms with Crippen LogP contribution in [0.15, 0.2) is 52.3 Å². The van der Waals surface area contributed by atoms with Crippen LogP contribution in [0, 0.1) is 0 Å². The average molecular weight is 320 g/mol. The topological polar surface area (TPSA) is 37.3 Å². The Kier molecular flexibility index (Phi) is 4.11. The summed E-state index contributed by atoms with van der Waals surface area (Å²) in [5.41, 5.74) is 4.90. The van der Waals surface area contributed by atoms with Gasteiger partial charge in [0.15, 0.2) is 0 Å². The van der Waals surface area contributed by atoms with E-state index in [1.54, 1.807) is 17.6 Å². The molecule has 2 heterocycles. The van der Waals surface area contributed by atoms with Crippen LogP contribution in [0.5, 0.6) is 0 Å². The van der Waals surface area contributed by atoms with Gasteiger partial charge in [-0.05, 0) is 29.1 Å². The number of hydrogen-bond acceptors (Lipinski definition) is 5. The lowest BCUT2D eigenvalue weighted by atomic mass is 10.2. The lowest BCUT2D eigenvalue weighted by molar-refractivity contribution is 1.29. The van der Waals surface area contributed by atoms with Crippen LogP contribution in [0.25, 0.3) is 10.6 Å². The number of thiophene rings is 1. The largest absolute Gasteiger partial charge is 0.253 e. The Morgan fingerprint density at radius 3 is 2.75 bits per heavy atom. The molecule has 3 nitrogen and oxygen atoms in total. The number of nitrogens with one attached hydrogen (secondary N) is 1. The number of hydrazone groups is 1. The standard InChI is InChI=1S/C14H10ClN3S2/c15-11-5-3-10(4-6-11)8-16-18-14-17-12(9-20-14)13-2-1-7-19-13/h1-9H,(H,17,18)/b16-8-. The molecular formula is C14H10ClN3S2. The third-order valence-electron chi connectivity index (χ3n) is 2.52. The van der Waals surface area contributed by atoms with E-state index < -0.39 is 0 Å². The first-order chi connectivity index (χ1) is 9.81. The molecule has 0 atom stereocenters. The molecule has 1 aromatic carbocycles. The Labute approximate surface area is 129 Å². The summed E-state index contributed by atoms with van der Waals surface area (Å²) in [5, 5.41) is 9.73.